The molecular formula is C69H106O12. The van der Waals surface area contributed by atoms with Crippen molar-refractivity contribution >= 4 is 23.9 Å². The van der Waals surface area contributed by atoms with Crippen molar-refractivity contribution in [2.24, 2.45) is 0 Å². The molecule has 12 nitrogen and oxygen atoms in total. The Kier molecular flexibility index (Phi) is 50.1. The van der Waals surface area contributed by atoms with Gasteiger partial charge in [-0.25, -0.2) is 4.79 Å². The van der Waals surface area contributed by atoms with E-state index in [1.54, 1.807) is 6.08 Å². The summed E-state index contributed by atoms with van der Waals surface area (Å²) in [4.78, 5) is 51.2. The highest BCUT2D eigenvalue weighted by molar-refractivity contribution is 5.74. The summed E-state index contributed by atoms with van der Waals surface area (Å²) in [6, 6.07) is 0. The smallest absolute Gasteiger partial charge is 0.335 e. The molecule has 0 bridgehead atoms. The van der Waals surface area contributed by atoms with E-state index >= 15 is 0 Å². The lowest BCUT2D eigenvalue weighted by atomic mass is 9.98. The van der Waals surface area contributed by atoms with E-state index in [9.17, 15) is 34.5 Å². The number of aliphatic carboxylic acids is 1. The van der Waals surface area contributed by atoms with Crippen LogP contribution >= 0.6 is 0 Å². The SMILES string of the molecule is CC/C=C\C/C=C\C/C=C\C/C=C\C/C=C\CCCCCC(=O)OC1C(OCC(COC(=O)CCCCCCCCC/C=C\C/C=C\CCCCC)OC(=O)C/C=C\C/C=C\C/C=C\C/C=C\C/C=C\CC)OC(C(=O)O)C(O)C1O. The number of aliphatic hydroxyl groups excluding tert-OH is 2. The molecule has 0 spiro atoms. The van der Waals surface area contributed by atoms with E-state index in [0.29, 0.717) is 19.3 Å². The number of carboxylic acids is 1. The standard InChI is InChI=1S/C69H106O12/c1-4-7-10-13-16-19-22-25-28-30-31-33-36-39-42-45-48-51-54-57-63(72)80-67-65(74)64(73)66(68(75)76)81-69(67)78-59-60(79-62(71)56-53-50-47-44-41-38-34-27-24-21-18-15-12-9-6-3)58-77-61(70)55-52-49-46-43-40-37-35-32-29-26-23-20-17-14-11-8-5-2/h7,9-10,12,16-21,25-29,31,33-34,39,41-42,44,50,53,60,64-67,69,73-74H,4-6,8,11,13-15,22-24,30,32,35-38,40,43,45-49,51-52,54-59H2,1-3H3,(H,75,76)/b10-7-,12-9-,19-16-,20-17-,21-18-,28-25-,29-26-,33-31-,34-27-,42-39-,44-41-,53-50-. The number of carbonyl (C=O) groups is 4. The Morgan fingerprint density at radius 2 is 0.815 bits per heavy atom. The zero-order valence-corrected chi connectivity index (χ0v) is 50.0. The van der Waals surface area contributed by atoms with Gasteiger partial charge in [-0.1, -0.05) is 218 Å². The van der Waals surface area contributed by atoms with Gasteiger partial charge >= 0.3 is 23.9 Å². The molecule has 3 N–H and O–H groups in total. The lowest BCUT2D eigenvalue weighted by molar-refractivity contribution is -0.301. The van der Waals surface area contributed by atoms with Gasteiger partial charge in [-0.15, -0.1) is 0 Å². The van der Waals surface area contributed by atoms with E-state index in [4.69, 9.17) is 23.7 Å². The second-order valence-electron chi connectivity index (χ2n) is 20.2. The fourth-order valence-electron chi connectivity index (χ4n) is 8.26. The zero-order valence-electron chi connectivity index (χ0n) is 50.0. The quantitative estimate of drug-likeness (QED) is 0.0228. The third kappa shape index (κ3) is 44.9. The molecule has 1 fully saturated rings. The third-order valence-electron chi connectivity index (χ3n) is 12.9. The van der Waals surface area contributed by atoms with Crippen molar-refractivity contribution in [3.8, 4) is 0 Å². The maximum Gasteiger partial charge on any atom is 0.335 e. The molecule has 454 valence electrons. The second kappa shape index (κ2) is 55.2. The molecule has 0 saturated carbocycles. The molecule has 1 aliphatic heterocycles. The maximum atomic E-state index is 13.1. The van der Waals surface area contributed by atoms with Crippen molar-refractivity contribution in [1.29, 1.82) is 0 Å². The highest BCUT2D eigenvalue weighted by Crippen LogP contribution is 2.26. The van der Waals surface area contributed by atoms with Crippen LogP contribution in [0.2, 0.25) is 0 Å². The number of esters is 3. The molecule has 12 heteroatoms. The average molecular weight is 1130 g/mol. The topological polar surface area (TPSA) is 175 Å². The zero-order chi connectivity index (χ0) is 58.9. The predicted octanol–water partition coefficient (Wildman–Crippen LogP) is 16.3. The van der Waals surface area contributed by atoms with Crippen molar-refractivity contribution < 1.29 is 58.2 Å². The number of allylic oxidation sites excluding steroid dienone is 23. The van der Waals surface area contributed by atoms with Gasteiger partial charge in [0.2, 0.25) is 0 Å². The number of unbranched alkanes of at least 4 members (excludes halogenated alkanes) is 13. The Bertz CT molecular complexity index is 1960. The summed E-state index contributed by atoms with van der Waals surface area (Å²) in [7, 11) is 0. The Morgan fingerprint density at radius 3 is 1.26 bits per heavy atom. The van der Waals surface area contributed by atoms with E-state index in [0.717, 1.165) is 128 Å². The summed E-state index contributed by atoms with van der Waals surface area (Å²) in [6.07, 6.45) is 66.9. The normalized spacial score (nSPS) is 18.8. The van der Waals surface area contributed by atoms with Crippen molar-refractivity contribution in [3.05, 3.63) is 146 Å². The molecule has 0 amide bonds. The van der Waals surface area contributed by atoms with Crippen molar-refractivity contribution in [3.63, 3.8) is 0 Å². The van der Waals surface area contributed by atoms with Crippen molar-refractivity contribution in [2.45, 2.75) is 250 Å². The van der Waals surface area contributed by atoms with Gasteiger partial charge in [0.25, 0.3) is 0 Å². The third-order valence-corrected chi connectivity index (χ3v) is 12.9. The van der Waals surface area contributed by atoms with E-state index < -0.39 is 67.3 Å². The minimum Gasteiger partial charge on any atom is -0.479 e. The monoisotopic (exact) mass is 1130 g/mol. The number of ether oxygens (including phenoxy) is 5. The summed E-state index contributed by atoms with van der Waals surface area (Å²) in [6.45, 7) is 5.63. The van der Waals surface area contributed by atoms with E-state index in [2.05, 4.69) is 142 Å². The Hall–Kier alpha value is -5.40. The summed E-state index contributed by atoms with van der Waals surface area (Å²) in [5, 5.41) is 31.5. The van der Waals surface area contributed by atoms with Gasteiger partial charge in [-0.05, 0) is 122 Å². The Labute approximate surface area is 489 Å². The number of aliphatic hydroxyl groups is 2. The summed E-state index contributed by atoms with van der Waals surface area (Å²) in [5.74, 6) is -3.36. The van der Waals surface area contributed by atoms with Crippen LogP contribution in [0.4, 0.5) is 0 Å². The molecule has 0 radical (unpaired) electrons. The van der Waals surface area contributed by atoms with Crippen LogP contribution in [0.1, 0.15) is 213 Å². The van der Waals surface area contributed by atoms with Gasteiger partial charge in [0.1, 0.15) is 18.8 Å². The fraction of sp³-hybridized carbons (Fsp3) is 0.594. The van der Waals surface area contributed by atoms with E-state index in [1.807, 2.05) is 18.2 Å². The first kappa shape index (κ1) is 73.6. The van der Waals surface area contributed by atoms with Gasteiger partial charge < -0.3 is 39.0 Å². The Balaban J connectivity index is 2.76. The largest absolute Gasteiger partial charge is 0.479 e. The van der Waals surface area contributed by atoms with Crippen molar-refractivity contribution in [2.75, 3.05) is 13.2 Å². The minimum absolute atomic E-state index is 0.00161. The van der Waals surface area contributed by atoms with Crippen LogP contribution in [0.5, 0.6) is 0 Å². The fourth-order valence-corrected chi connectivity index (χ4v) is 8.26. The molecular weight excluding hydrogens is 1020 g/mol. The van der Waals surface area contributed by atoms with Gasteiger partial charge in [-0.3, -0.25) is 14.4 Å². The highest BCUT2D eigenvalue weighted by Gasteiger charge is 2.50. The van der Waals surface area contributed by atoms with Crippen molar-refractivity contribution in [1.82, 2.24) is 0 Å². The lowest BCUT2D eigenvalue weighted by Crippen LogP contribution is -2.61. The van der Waals surface area contributed by atoms with Crippen LogP contribution in [0.3, 0.4) is 0 Å². The summed E-state index contributed by atoms with van der Waals surface area (Å²) < 4.78 is 28.3. The highest BCUT2D eigenvalue weighted by atomic mass is 16.7. The van der Waals surface area contributed by atoms with Gasteiger partial charge in [0, 0.05) is 12.8 Å². The molecule has 81 heavy (non-hydrogen) atoms. The second-order valence-corrected chi connectivity index (χ2v) is 20.2. The maximum absolute atomic E-state index is 13.1. The first-order valence-electron chi connectivity index (χ1n) is 30.8. The number of carboxylic acid groups (broad SMARTS) is 1. The molecule has 1 heterocycles. The average Bonchev–Trinajstić information content (AvgIpc) is 3.54. The number of rotatable bonds is 50. The molecule has 1 saturated heterocycles. The van der Waals surface area contributed by atoms with E-state index in [-0.39, 0.29) is 25.9 Å². The molecule has 0 aromatic carbocycles. The van der Waals surface area contributed by atoms with Crippen LogP contribution < -0.4 is 0 Å². The first-order chi connectivity index (χ1) is 39.6. The molecule has 0 aliphatic carbocycles. The van der Waals surface area contributed by atoms with Gasteiger partial charge in [0.15, 0.2) is 24.6 Å². The van der Waals surface area contributed by atoms with Gasteiger partial charge in [0.05, 0.1) is 13.0 Å². The van der Waals surface area contributed by atoms with Crippen LogP contribution in [0.25, 0.3) is 0 Å². The number of hydrogen-bond donors (Lipinski definition) is 3. The predicted molar refractivity (Wildman–Crippen MR) is 330 cm³/mol. The number of carbonyl (C=O) groups excluding carboxylic acids is 3. The minimum atomic E-state index is -1.94. The molecule has 1 rings (SSSR count). The molecule has 0 aromatic heterocycles. The van der Waals surface area contributed by atoms with Crippen LogP contribution in [-0.4, -0.2) is 89.2 Å². The summed E-state index contributed by atoms with van der Waals surface area (Å²) >= 11 is 0. The Morgan fingerprint density at radius 1 is 0.432 bits per heavy atom. The van der Waals surface area contributed by atoms with Crippen LogP contribution in [0.15, 0.2) is 146 Å². The van der Waals surface area contributed by atoms with Gasteiger partial charge in [-0.2, -0.15) is 0 Å². The molecule has 0 aromatic rings. The molecule has 6 unspecified atom stereocenters. The lowest BCUT2D eigenvalue weighted by Gasteiger charge is -2.40. The first-order valence-corrected chi connectivity index (χ1v) is 30.8. The van der Waals surface area contributed by atoms with Crippen LogP contribution in [0, 0.1) is 0 Å². The molecule has 1 aliphatic rings. The van der Waals surface area contributed by atoms with Crippen LogP contribution in [-0.2, 0) is 42.9 Å². The van der Waals surface area contributed by atoms with E-state index in [1.165, 1.54) is 25.7 Å². The summed E-state index contributed by atoms with van der Waals surface area (Å²) in [5.41, 5.74) is 0. The number of hydrogen-bond acceptors (Lipinski definition) is 11. The molecule has 6 atom stereocenters.